The first kappa shape index (κ1) is 16.8. The van der Waals surface area contributed by atoms with Crippen molar-refractivity contribution in [2.75, 3.05) is 18.6 Å². The molecular weight excluding hydrogens is 318 g/mol. The molecule has 0 spiro atoms. The molecule has 0 saturated heterocycles. The average Bonchev–Trinajstić information content (AvgIpc) is 2.92. The Morgan fingerprint density at radius 2 is 2.30 bits per heavy atom. The van der Waals surface area contributed by atoms with E-state index in [1.54, 1.807) is 18.2 Å². The molecule has 1 aromatic heterocycles. The van der Waals surface area contributed by atoms with Crippen LogP contribution in [-0.2, 0) is 4.79 Å². The van der Waals surface area contributed by atoms with Gasteiger partial charge in [0.15, 0.2) is 18.1 Å². The van der Waals surface area contributed by atoms with Gasteiger partial charge in [-0.15, -0.1) is 11.3 Å². The van der Waals surface area contributed by atoms with Crippen LogP contribution in [-0.4, -0.2) is 35.5 Å². The normalized spacial score (nSPS) is 10.7. The first-order chi connectivity index (χ1) is 11.1. The number of aromatic nitrogens is 1. The van der Waals surface area contributed by atoms with Crippen LogP contribution in [0.2, 0.25) is 0 Å². The first-order valence-electron chi connectivity index (χ1n) is 6.91. The molecule has 0 atom stereocenters. The molecule has 122 valence electrons. The van der Waals surface area contributed by atoms with Crippen LogP contribution in [0.15, 0.2) is 28.7 Å². The molecule has 0 bridgehead atoms. The summed E-state index contributed by atoms with van der Waals surface area (Å²) in [4.78, 5) is 15.0. The lowest BCUT2D eigenvalue weighted by molar-refractivity contribution is -0.139. The number of hydrogen-bond acceptors (Lipinski definition) is 7. The highest BCUT2D eigenvalue weighted by atomic mass is 32.1. The number of carbonyl (C=O) groups is 1. The lowest BCUT2D eigenvalue weighted by Crippen LogP contribution is -2.11. The van der Waals surface area contributed by atoms with Crippen LogP contribution in [0.1, 0.15) is 18.2 Å². The van der Waals surface area contributed by atoms with E-state index in [-0.39, 0.29) is 0 Å². The van der Waals surface area contributed by atoms with Gasteiger partial charge >= 0.3 is 5.97 Å². The highest BCUT2D eigenvalue weighted by molar-refractivity contribution is 7.13. The Kier molecular flexibility index (Phi) is 5.93. The Hall–Kier alpha value is -2.61. The minimum absolute atomic E-state index is 0.345. The molecule has 23 heavy (non-hydrogen) atoms. The zero-order chi connectivity index (χ0) is 16.7. The van der Waals surface area contributed by atoms with Gasteiger partial charge in [0, 0.05) is 10.9 Å². The second-order valence-electron chi connectivity index (χ2n) is 4.45. The molecule has 0 aliphatic rings. The number of hydrogen-bond donors (Lipinski definition) is 2. The topological polar surface area (TPSA) is 93.0 Å². The maximum Gasteiger partial charge on any atom is 0.341 e. The predicted octanol–water partition coefficient (Wildman–Crippen LogP) is 2.76. The summed E-state index contributed by atoms with van der Waals surface area (Å²) in [7, 11) is 0. The van der Waals surface area contributed by atoms with Crippen molar-refractivity contribution in [2.45, 2.75) is 13.8 Å². The summed E-state index contributed by atoms with van der Waals surface area (Å²) < 4.78 is 10.8. The Labute approximate surface area is 137 Å². The van der Waals surface area contributed by atoms with Crippen LogP contribution in [0, 0.1) is 6.92 Å². The van der Waals surface area contributed by atoms with Crippen molar-refractivity contribution in [1.82, 2.24) is 4.98 Å². The van der Waals surface area contributed by atoms with Crippen molar-refractivity contribution in [1.29, 1.82) is 0 Å². The van der Waals surface area contributed by atoms with Gasteiger partial charge in [-0.3, -0.25) is 5.43 Å². The number of para-hydroxylation sites is 1. The van der Waals surface area contributed by atoms with Gasteiger partial charge < -0.3 is 14.6 Å². The third-order valence-corrected chi connectivity index (χ3v) is 3.50. The fraction of sp³-hybridized carbons (Fsp3) is 0.267. The van der Waals surface area contributed by atoms with Gasteiger partial charge in [0.1, 0.15) is 0 Å². The summed E-state index contributed by atoms with van der Waals surface area (Å²) in [5.41, 5.74) is 4.34. The van der Waals surface area contributed by atoms with E-state index in [2.05, 4.69) is 15.5 Å². The fourth-order valence-corrected chi connectivity index (χ4v) is 2.39. The molecule has 1 heterocycles. The van der Waals surface area contributed by atoms with E-state index in [0.29, 0.717) is 28.8 Å². The van der Waals surface area contributed by atoms with Crippen LogP contribution in [0.5, 0.6) is 11.5 Å². The molecule has 0 unspecified atom stereocenters. The standard InChI is InChI=1S/C15H17N3O4S/c1-3-21-12-6-4-5-11(14(12)22-8-13(19)20)7-16-18-15-17-10(2)9-23-15/h4-7,9H,3,8H2,1-2H3,(H,17,18)(H,19,20). The molecule has 2 rings (SSSR count). The number of carboxylic acids is 1. The summed E-state index contributed by atoms with van der Waals surface area (Å²) in [6.07, 6.45) is 1.54. The zero-order valence-electron chi connectivity index (χ0n) is 12.8. The Morgan fingerprint density at radius 1 is 1.48 bits per heavy atom. The molecule has 2 N–H and O–H groups in total. The van der Waals surface area contributed by atoms with E-state index >= 15 is 0 Å². The smallest absolute Gasteiger partial charge is 0.341 e. The summed E-state index contributed by atoms with van der Waals surface area (Å²) in [6.45, 7) is 3.73. The predicted molar refractivity (Wildman–Crippen MR) is 88.8 cm³/mol. The van der Waals surface area contributed by atoms with Crippen molar-refractivity contribution in [3.63, 3.8) is 0 Å². The molecule has 0 amide bonds. The highest BCUT2D eigenvalue weighted by Gasteiger charge is 2.11. The molecule has 7 nitrogen and oxygen atoms in total. The molecule has 0 radical (unpaired) electrons. The van der Waals surface area contributed by atoms with Crippen LogP contribution in [0.25, 0.3) is 0 Å². The molecule has 1 aromatic carbocycles. The number of benzene rings is 1. The number of nitrogens with one attached hydrogen (secondary N) is 1. The van der Waals surface area contributed by atoms with Gasteiger partial charge in [0.05, 0.1) is 18.5 Å². The minimum atomic E-state index is -1.06. The number of aryl methyl sites for hydroxylation is 1. The lowest BCUT2D eigenvalue weighted by Gasteiger charge is -2.12. The van der Waals surface area contributed by atoms with Gasteiger partial charge in [0.25, 0.3) is 0 Å². The number of carboxylic acid groups (broad SMARTS) is 1. The van der Waals surface area contributed by atoms with E-state index in [4.69, 9.17) is 14.6 Å². The van der Waals surface area contributed by atoms with Gasteiger partial charge in [-0.2, -0.15) is 5.10 Å². The number of ether oxygens (including phenoxy) is 2. The SMILES string of the molecule is CCOc1cccc(C=NNc2nc(C)cs2)c1OCC(=O)O. The molecular formula is C15H17N3O4S. The summed E-state index contributed by atoms with van der Waals surface area (Å²) in [5, 5.41) is 15.5. The molecule has 0 saturated carbocycles. The number of rotatable bonds is 8. The molecule has 0 aliphatic carbocycles. The second-order valence-corrected chi connectivity index (χ2v) is 5.31. The number of nitrogens with zero attached hydrogens (tertiary/aromatic N) is 2. The lowest BCUT2D eigenvalue weighted by atomic mass is 10.2. The molecule has 8 heteroatoms. The fourth-order valence-electron chi connectivity index (χ4n) is 1.75. The van der Waals surface area contributed by atoms with Gasteiger partial charge in [-0.25, -0.2) is 9.78 Å². The van der Waals surface area contributed by atoms with Crippen LogP contribution in [0.3, 0.4) is 0 Å². The second kappa shape index (κ2) is 8.14. The van der Waals surface area contributed by atoms with Crippen LogP contribution < -0.4 is 14.9 Å². The Balaban J connectivity index is 2.17. The zero-order valence-corrected chi connectivity index (χ0v) is 13.6. The third kappa shape index (κ3) is 4.96. The van der Waals surface area contributed by atoms with Gasteiger partial charge in [-0.1, -0.05) is 6.07 Å². The van der Waals surface area contributed by atoms with Crippen LogP contribution >= 0.6 is 11.3 Å². The van der Waals surface area contributed by atoms with Crippen molar-refractivity contribution >= 4 is 28.7 Å². The van der Waals surface area contributed by atoms with Crippen molar-refractivity contribution in [2.24, 2.45) is 5.10 Å². The summed E-state index contributed by atoms with van der Waals surface area (Å²) >= 11 is 1.44. The van der Waals surface area contributed by atoms with E-state index in [0.717, 1.165) is 5.69 Å². The Bertz CT molecular complexity index is 700. The highest BCUT2D eigenvalue weighted by Crippen LogP contribution is 2.30. The maximum absolute atomic E-state index is 10.7. The average molecular weight is 335 g/mol. The maximum atomic E-state index is 10.7. The monoisotopic (exact) mass is 335 g/mol. The summed E-state index contributed by atoms with van der Waals surface area (Å²) in [5.74, 6) is -0.240. The minimum Gasteiger partial charge on any atom is -0.490 e. The first-order valence-corrected chi connectivity index (χ1v) is 7.79. The molecule has 0 aliphatic heterocycles. The molecule has 0 fully saturated rings. The number of hydrazone groups is 1. The van der Waals surface area contributed by atoms with E-state index < -0.39 is 12.6 Å². The van der Waals surface area contributed by atoms with Gasteiger partial charge in [0.2, 0.25) is 5.13 Å². The van der Waals surface area contributed by atoms with E-state index in [1.807, 2.05) is 19.2 Å². The van der Waals surface area contributed by atoms with Crippen molar-refractivity contribution < 1.29 is 19.4 Å². The summed E-state index contributed by atoms with van der Waals surface area (Å²) in [6, 6.07) is 5.27. The largest absolute Gasteiger partial charge is 0.490 e. The van der Waals surface area contributed by atoms with Crippen molar-refractivity contribution in [3.05, 3.63) is 34.8 Å². The van der Waals surface area contributed by atoms with Gasteiger partial charge in [-0.05, 0) is 26.0 Å². The van der Waals surface area contributed by atoms with E-state index in [1.165, 1.54) is 17.6 Å². The third-order valence-electron chi connectivity index (χ3n) is 2.63. The number of anilines is 1. The van der Waals surface area contributed by atoms with E-state index in [9.17, 15) is 4.79 Å². The Morgan fingerprint density at radius 3 is 2.96 bits per heavy atom. The number of aliphatic carboxylic acids is 1. The quantitative estimate of drug-likeness (QED) is 0.569. The number of thiazole rings is 1. The molecule has 2 aromatic rings. The van der Waals surface area contributed by atoms with Crippen molar-refractivity contribution in [3.8, 4) is 11.5 Å². The van der Waals surface area contributed by atoms with Crippen LogP contribution in [0.4, 0.5) is 5.13 Å².